The van der Waals surface area contributed by atoms with Gasteiger partial charge in [-0.1, -0.05) is 33.6 Å². The Bertz CT molecular complexity index is 536. The molecule has 0 bridgehead atoms. The van der Waals surface area contributed by atoms with Gasteiger partial charge in [-0.3, -0.25) is 4.68 Å². The van der Waals surface area contributed by atoms with Gasteiger partial charge < -0.3 is 5.11 Å². The van der Waals surface area contributed by atoms with Gasteiger partial charge in [-0.15, -0.1) is 0 Å². The predicted molar refractivity (Wildman–Crippen MR) is 75.4 cm³/mol. The predicted octanol–water partition coefficient (Wildman–Crippen LogP) is 3.16. The Kier molecular flexibility index (Phi) is 4.19. The molecule has 1 N–H and O–H groups in total. The summed E-state index contributed by atoms with van der Waals surface area (Å²) in [6, 6.07) is 6.04. The number of aliphatic hydroxyl groups is 1. The number of benzene rings is 1. The average Bonchev–Trinajstić information content (AvgIpc) is 2.75. The molecule has 0 aliphatic rings. The van der Waals surface area contributed by atoms with Crippen LogP contribution in [0.15, 0.2) is 35.1 Å². The molecule has 0 spiro atoms. The number of rotatable bonds is 4. The Morgan fingerprint density at radius 2 is 2.22 bits per heavy atom. The van der Waals surface area contributed by atoms with Crippen LogP contribution in [-0.4, -0.2) is 14.9 Å². The third-order valence-corrected chi connectivity index (χ3v) is 3.70. The minimum atomic E-state index is -0.445. The van der Waals surface area contributed by atoms with Crippen molar-refractivity contribution in [3.8, 4) is 0 Å². The van der Waals surface area contributed by atoms with Crippen LogP contribution in [0.25, 0.3) is 0 Å². The first-order chi connectivity index (χ1) is 8.56. The molecule has 1 unspecified atom stereocenters. The Hall–Kier alpha value is -1.13. The summed E-state index contributed by atoms with van der Waals surface area (Å²) >= 11 is 3.48. The SMILES string of the molecule is Cc1ccc(Br)c(C(O)CCc2cnn(C)c2)c1. The molecule has 0 fully saturated rings. The zero-order chi connectivity index (χ0) is 13.1. The van der Waals surface area contributed by atoms with E-state index in [0.717, 1.165) is 27.6 Å². The third-order valence-electron chi connectivity index (χ3n) is 2.98. The van der Waals surface area contributed by atoms with Gasteiger partial charge in [0.05, 0.1) is 12.3 Å². The zero-order valence-corrected chi connectivity index (χ0v) is 12.2. The molecular formula is C14H17BrN2O. The maximum atomic E-state index is 10.2. The number of halogens is 1. The second-order valence-corrected chi connectivity index (χ2v) is 5.46. The van der Waals surface area contributed by atoms with E-state index in [1.807, 2.05) is 44.6 Å². The van der Waals surface area contributed by atoms with Crippen molar-refractivity contribution in [2.75, 3.05) is 0 Å². The number of aryl methyl sites for hydroxylation is 3. The molecule has 96 valence electrons. The highest BCUT2D eigenvalue weighted by Gasteiger charge is 2.12. The van der Waals surface area contributed by atoms with Gasteiger partial charge in [0.15, 0.2) is 0 Å². The Morgan fingerprint density at radius 1 is 1.44 bits per heavy atom. The van der Waals surface area contributed by atoms with Crippen LogP contribution in [-0.2, 0) is 13.5 Å². The monoisotopic (exact) mass is 308 g/mol. The summed E-state index contributed by atoms with van der Waals surface area (Å²) in [6.45, 7) is 2.03. The summed E-state index contributed by atoms with van der Waals surface area (Å²) in [7, 11) is 1.90. The third kappa shape index (κ3) is 3.21. The van der Waals surface area contributed by atoms with Crippen molar-refractivity contribution < 1.29 is 5.11 Å². The van der Waals surface area contributed by atoms with Gasteiger partial charge in [0, 0.05) is 17.7 Å². The summed E-state index contributed by atoms with van der Waals surface area (Å²) in [5, 5.41) is 14.4. The van der Waals surface area contributed by atoms with Crippen LogP contribution in [0, 0.1) is 6.92 Å². The lowest BCUT2D eigenvalue weighted by Crippen LogP contribution is -2.01. The van der Waals surface area contributed by atoms with E-state index in [0.29, 0.717) is 6.42 Å². The number of aliphatic hydroxyl groups excluding tert-OH is 1. The smallest absolute Gasteiger partial charge is 0.0804 e. The molecule has 18 heavy (non-hydrogen) atoms. The zero-order valence-electron chi connectivity index (χ0n) is 10.6. The molecule has 0 saturated carbocycles. The first-order valence-electron chi connectivity index (χ1n) is 5.98. The normalized spacial score (nSPS) is 12.7. The molecule has 0 aliphatic carbocycles. The average molecular weight is 309 g/mol. The van der Waals surface area contributed by atoms with E-state index in [4.69, 9.17) is 0 Å². The van der Waals surface area contributed by atoms with Crippen molar-refractivity contribution in [1.82, 2.24) is 9.78 Å². The molecule has 0 aliphatic heterocycles. The van der Waals surface area contributed by atoms with Gasteiger partial charge in [-0.2, -0.15) is 5.10 Å². The molecule has 1 atom stereocenters. The van der Waals surface area contributed by atoms with Crippen molar-refractivity contribution in [2.24, 2.45) is 7.05 Å². The second-order valence-electron chi connectivity index (χ2n) is 4.60. The molecule has 3 nitrogen and oxygen atoms in total. The summed E-state index contributed by atoms with van der Waals surface area (Å²) in [5.41, 5.74) is 3.27. The molecular weight excluding hydrogens is 292 g/mol. The Labute approximate surface area is 116 Å². The van der Waals surface area contributed by atoms with Gasteiger partial charge >= 0.3 is 0 Å². The van der Waals surface area contributed by atoms with Gasteiger partial charge in [-0.25, -0.2) is 0 Å². The van der Waals surface area contributed by atoms with E-state index in [2.05, 4.69) is 21.0 Å². The highest BCUT2D eigenvalue weighted by molar-refractivity contribution is 9.10. The van der Waals surface area contributed by atoms with Gasteiger partial charge in [0.2, 0.25) is 0 Å². The minimum absolute atomic E-state index is 0.445. The second kappa shape index (κ2) is 5.67. The fourth-order valence-corrected chi connectivity index (χ4v) is 2.49. The molecule has 1 aromatic heterocycles. The highest BCUT2D eigenvalue weighted by Crippen LogP contribution is 2.27. The van der Waals surface area contributed by atoms with E-state index in [1.165, 1.54) is 0 Å². The lowest BCUT2D eigenvalue weighted by Gasteiger charge is -2.13. The Balaban J connectivity index is 2.03. The highest BCUT2D eigenvalue weighted by atomic mass is 79.9. The molecule has 0 saturated heterocycles. The van der Waals surface area contributed by atoms with E-state index in [-0.39, 0.29) is 0 Å². The van der Waals surface area contributed by atoms with Crippen molar-refractivity contribution in [1.29, 1.82) is 0 Å². The first kappa shape index (κ1) is 13.3. The molecule has 2 aromatic rings. The van der Waals surface area contributed by atoms with Gasteiger partial charge in [-0.05, 0) is 37.0 Å². The van der Waals surface area contributed by atoms with E-state index in [9.17, 15) is 5.11 Å². The van der Waals surface area contributed by atoms with Gasteiger partial charge in [0.25, 0.3) is 0 Å². The standard InChI is InChI=1S/C14H17BrN2O/c1-10-3-5-13(15)12(7-10)14(18)6-4-11-8-16-17(2)9-11/h3,5,7-9,14,18H,4,6H2,1-2H3. The van der Waals surface area contributed by atoms with Crippen molar-refractivity contribution in [2.45, 2.75) is 25.9 Å². The van der Waals surface area contributed by atoms with Crippen LogP contribution < -0.4 is 0 Å². The number of aromatic nitrogens is 2. The maximum Gasteiger partial charge on any atom is 0.0804 e. The molecule has 1 heterocycles. The van der Waals surface area contributed by atoms with Crippen LogP contribution in [0.3, 0.4) is 0 Å². The Morgan fingerprint density at radius 3 is 2.89 bits per heavy atom. The molecule has 0 amide bonds. The van der Waals surface area contributed by atoms with Crippen molar-refractivity contribution in [3.05, 3.63) is 51.8 Å². The largest absolute Gasteiger partial charge is 0.388 e. The van der Waals surface area contributed by atoms with Gasteiger partial charge in [0.1, 0.15) is 0 Å². The van der Waals surface area contributed by atoms with Crippen LogP contribution >= 0.6 is 15.9 Å². The summed E-state index contributed by atoms with van der Waals surface area (Å²) < 4.78 is 2.75. The lowest BCUT2D eigenvalue weighted by molar-refractivity contribution is 0.167. The molecule has 4 heteroatoms. The van der Waals surface area contributed by atoms with E-state index in [1.54, 1.807) is 4.68 Å². The van der Waals surface area contributed by atoms with Crippen LogP contribution in [0.4, 0.5) is 0 Å². The quantitative estimate of drug-likeness (QED) is 0.942. The van der Waals surface area contributed by atoms with E-state index >= 15 is 0 Å². The lowest BCUT2D eigenvalue weighted by atomic mass is 10.0. The fourth-order valence-electron chi connectivity index (χ4n) is 1.98. The summed E-state index contributed by atoms with van der Waals surface area (Å²) in [5.74, 6) is 0. The molecule has 0 radical (unpaired) electrons. The van der Waals surface area contributed by atoms with Crippen molar-refractivity contribution >= 4 is 15.9 Å². The van der Waals surface area contributed by atoms with E-state index < -0.39 is 6.10 Å². The van der Waals surface area contributed by atoms with Crippen molar-refractivity contribution in [3.63, 3.8) is 0 Å². The van der Waals surface area contributed by atoms with Crippen LogP contribution in [0.1, 0.15) is 29.2 Å². The number of hydrogen-bond donors (Lipinski definition) is 1. The molecule has 2 rings (SSSR count). The summed E-state index contributed by atoms with van der Waals surface area (Å²) in [4.78, 5) is 0. The topological polar surface area (TPSA) is 38.1 Å². The summed E-state index contributed by atoms with van der Waals surface area (Å²) in [6.07, 6.45) is 4.92. The number of nitrogens with zero attached hydrogens (tertiary/aromatic N) is 2. The minimum Gasteiger partial charge on any atom is -0.388 e. The maximum absolute atomic E-state index is 10.2. The molecule has 1 aromatic carbocycles. The van der Waals surface area contributed by atoms with Crippen LogP contribution in [0.5, 0.6) is 0 Å². The fraction of sp³-hybridized carbons (Fsp3) is 0.357. The number of hydrogen-bond acceptors (Lipinski definition) is 2. The van der Waals surface area contributed by atoms with Crippen LogP contribution in [0.2, 0.25) is 0 Å². The first-order valence-corrected chi connectivity index (χ1v) is 6.77.